The first-order valence-electron chi connectivity index (χ1n) is 5.62. The molecule has 0 spiro atoms. The Morgan fingerprint density at radius 2 is 1.88 bits per heavy atom. The number of fused-ring (bicyclic) bond motifs is 1. The second-order valence-corrected chi connectivity index (χ2v) is 4.60. The van der Waals surface area contributed by atoms with Crippen molar-refractivity contribution in [2.75, 3.05) is 23.9 Å². The van der Waals surface area contributed by atoms with Crippen LogP contribution in [0.4, 0.5) is 11.4 Å². The van der Waals surface area contributed by atoms with Gasteiger partial charge in [-0.25, -0.2) is 0 Å². The Bertz CT molecular complexity index is 494. The lowest BCUT2D eigenvalue weighted by atomic mass is 10.1. The first-order chi connectivity index (χ1) is 7.93. The van der Waals surface area contributed by atoms with E-state index in [9.17, 15) is 9.59 Å². The third-order valence-electron chi connectivity index (χ3n) is 3.27. The van der Waals surface area contributed by atoms with Gasteiger partial charge in [0, 0.05) is 25.8 Å². The molecule has 1 amide bonds. The van der Waals surface area contributed by atoms with Crippen molar-refractivity contribution in [1.29, 1.82) is 0 Å². The van der Waals surface area contributed by atoms with Gasteiger partial charge in [0.2, 0.25) is 0 Å². The number of rotatable bonds is 2. The smallest absolute Gasteiger partial charge is 0.299 e. The fraction of sp³-hybridized carbons (Fsp3) is 0.385. The Morgan fingerprint density at radius 3 is 2.47 bits per heavy atom. The first kappa shape index (κ1) is 11.6. The van der Waals surface area contributed by atoms with Gasteiger partial charge in [0.15, 0.2) is 0 Å². The summed E-state index contributed by atoms with van der Waals surface area (Å²) in [6.45, 7) is 4.18. The minimum Gasteiger partial charge on any atom is -0.372 e. The Labute approximate surface area is 101 Å². The lowest BCUT2D eigenvalue weighted by Gasteiger charge is -2.24. The quantitative estimate of drug-likeness (QED) is 0.728. The standard InChI is InChI=1S/C13H16N2O2/c1-8(2)14(3)9-5-6-10-11(7-9)15(4)13(17)12(10)16/h5-8H,1-4H3. The molecule has 1 aromatic rings. The number of hydrogen-bond acceptors (Lipinski definition) is 3. The number of nitrogens with zero attached hydrogens (tertiary/aromatic N) is 2. The van der Waals surface area contributed by atoms with E-state index in [1.54, 1.807) is 13.1 Å². The minimum absolute atomic E-state index is 0.367. The molecule has 0 atom stereocenters. The van der Waals surface area contributed by atoms with Crippen LogP contribution in [0.3, 0.4) is 0 Å². The van der Waals surface area contributed by atoms with Gasteiger partial charge in [-0.1, -0.05) is 0 Å². The fourth-order valence-electron chi connectivity index (χ4n) is 1.88. The molecule has 90 valence electrons. The first-order valence-corrected chi connectivity index (χ1v) is 5.62. The maximum absolute atomic E-state index is 11.6. The molecule has 0 aromatic heterocycles. The lowest BCUT2D eigenvalue weighted by molar-refractivity contribution is -0.114. The third kappa shape index (κ3) is 1.69. The molecule has 1 heterocycles. The summed E-state index contributed by atoms with van der Waals surface area (Å²) in [5.74, 6) is -0.870. The Balaban J connectivity index is 2.46. The van der Waals surface area contributed by atoms with Crippen molar-refractivity contribution >= 4 is 23.1 Å². The van der Waals surface area contributed by atoms with Crippen molar-refractivity contribution in [1.82, 2.24) is 0 Å². The summed E-state index contributed by atoms with van der Waals surface area (Å²) < 4.78 is 0. The van der Waals surface area contributed by atoms with Crippen LogP contribution in [-0.2, 0) is 4.79 Å². The van der Waals surface area contributed by atoms with Crippen LogP contribution in [0, 0.1) is 0 Å². The summed E-state index contributed by atoms with van der Waals surface area (Å²) in [6, 6.07) is 5.86. The van der Waals surface area contributed by atoms with Crippen molar-refractivity contribution < 1.29 is 9.59 Å². The van der Waals surface area contributed by atoms with Gasteiger partial charge in [-0.15, -0.1) is 0 Å². The van der Waals surface area contributed by atoms with Crippen LogP contribution in [0.5, 0.6) is 0 Å². The number of benzene rings is 1. The van der Waals surface area contributed by atoms with Crippen molar-refractivity contribution in [2.24, 2.45) is 0 Å². The predicted molar refractivity (Wildman–Crippen MR) is 67.7 cm³/mol. The SMILES string of the molecule is CC(C)N(C)c1ccc2c(c1)N(C)C(=O)C2=O. The molecule has 0 saturated carbocycles. The highest BCUT2D eigenvalue weighted by Gasteiger charge is 2.33. The normalized spacial score (nSPS) is 14.5. The van der Waals surface area contributed by atoms with Crippen molar-refractivity contribution in [2.45, 2.75) is 19.9 Å². The van der Waals surface area contributed by atoms with Crippen molar-refractivity contribution in [3.8, 4) is 0 Å². The highest BCUT2D eigenvalue weighted by Crippen LogP contribution is 2.31. The van der Waals surface area contributed by atoms with Crippen LogP contribution < -0.4 is 9.80 Å². The molecule has 0 bridgehead atoms. The highest BCUT2D eigenvalue weighted by atomic mass is 16.2. The van der Waals surface area contributed by atoms with E-state index in [0.29, 0.717) is 17.3 Å². The van der Waals surface area contributed by atoms with Crippen molar-refractivity contribution in [3.63, 3.8) is 0 Å². The van der Waals surface area contributed by atoms with Gasteiger partial charge in [0.1, 0.15) is 0 Å². The average Bonchev–Trinajstić information content (AvgIpc) is 2.53. The molecule has 0 unspecified atom stereocenters. The topological polar surface area (TPSA) is 40.6 Å². The lowest BCUT2D eigenvalue weighted by Crippen LogP contribution is -2.26. The zero-order chi connectivity index (χ0) is 12.7. The van der Waals surface area contributed by atoms with E-state index >= 15 is 0 Å². The van der Waals surface area contributed by atoms with Crippen LogP contribution >= 0.6 is 0 Å². The van der Waals surface area contributed by atoms with Crippen LogP contribution in [-0.4, -0.2) is 31.8 Å². The second kappa shape index (κ2) is 3.87. The molecule has 0 N–H and O–H groups in total. The van der Waals surface area contributed by atoms with Crippen LogP contribution in [0.1, 0.15) is 24.2 Å². The molecule has 1 aliphatic heterocycles. The second-order valence-electron chi connectivity index (χ2n) is 4.60. The van der Waals surface area contributed by atoms with Gasteiger partial charge < -0.3 is 9.80 Å². The summed E-state index contributed by atoms with van der Waals surface area (Å²) in [6.07, 6.45) is 0. The van der Waals surface area contributed by atoms with E-state index in [0.717, 1.165) is 5.69 Å². The molecular formula is C13H16N2O2. The molecule has 0 saturated heterocycles. The maximum Gasteiger partial charge on any atom is 0.299 e. The van der Waals surface area contributed by atoms with E-state index in [1.807, 2.05) is 19.2 Å². The Kier molecular flexibility index (Phi) is 2.65. The van der Waals surface area contributed by atoms with Gasteiger partial charge in [-0.3, -0.25) is 9.59 Å². The molecule has 0 aliphatic carbocycles. The number of hydrogen-bond donors (Lipinski definition) is 0. The zero-order valence-corrected chi connectivity index (χ0v) is 10.5. The number of carbonyl (C=O) groups is 2. The number of anilines is 2. The van der Waals surface area contributed by atoms with Crippen molar-refractivity contribution in [3.05, 3.63) is 23.8 Å². The van der Waals surface area contributed by atoms with E-state index in [-0.39, 0.29) is 0 Å². The molecular weight excluding hydrogens is 216 g/mol. The van der Waals surface area contributed by atoms with Gasteiger partial charge in [-0.05, 0) is 32.0 Å². The van der Waals surface area contributed by atoms with Gasteiger partial charge in [-0.2, -0.15) is 0 Å². The molecule has 1 aromatic carbocycles. The summed E-state index contributed by atoms with van der Waals surface area (Å²) in [5.41, 5.74) is 2.21. The Hall–Kier alpha value is -1.84. The molecule has 17 heavy (non-hydrogen) atoms. The van der Waals surface area contributed by atoms with Crippen LogP contribution in [0.2, 0.25) is 0 Å². The van der Waals surface area contributed by atoms with Gasteiger partial charge in [0.05, 0.1) is 11.3 Å². The van der Waals surface area contributed by atoms with Crippen LogP contribution in [0.25, 0.3) is 0 Å². The average molecular weight is 232 g/mol. The van der Waals surface area contributed by atoms with Crippen LogP contribution in [0.15, 0.2) is 18.2 Å². The minimum atomic E-state index is -0.454. The zero-order valence-electron chi connectivity index (χ0n) is 10.5. The van der Waals surface area contributed by atoms with E-state index in [1.165, 1.54) is 4.90 Å². The van der Waals surface area contributed by atoms with E-state index < -0.39 is 11.7 Å². The third-order valence-corrected chi connectivity index (χ3v) is 3.27. The fourth-order valence-corrected chi connectivity index (χ4v) is 1.88. The Morgan fingerprint density at radius 1 is 1.24 bits per heavy atom. The number of carbonyl (C=O) groups excluding carboxylic acids is 2. The highest BCUT2D eigenvalue weighted by molar-refractivity contribution is 6.52. The summed E-state index contributed by atoms with van der Waals surface area (Å²) in [4.78, 5) is 26.7. The summed E-state index contributed by atoms with van der Waals surface area (Å²) >= 11 is 0. The number of ketones is 1. The number of Topliss-reactive ketones (excluding diaryl/α,β-unsaturated/α-hetero) is 1. The molecule has 0 radical (unpaired) electrons. The predicted octanol–water partition coefficient (Wildman–Crippen LogP) is 1.69. The molecule has 4 heteroatoms. The summed E-state index contributed by atoms with van der Waals surface area (Å²) in [7, 11) is 3.62. The van der Waals surface area contributed by atoms with Gasteiger partial charge >= 0.3 is 0 Å². The van der Waals surface area contributed by atoms with E-state index in [4.69, 9.17) is 0 Å². The molecule has 2 rings (SSSR count). The van der Waals surface area contributed by atoms with E-state index in [2.05, 4.69) is 18.7 Å². The monoisotopic (exact) mass is 232 g/mol. The molecule has 4 nitrogen and oxygen atoms in total. The molecule has 1 aliphatic rings. The largest absolute Gasteiger partial charge is 0.372 e. The van der Waals surface area contributed by atoms with Gasteiger partial charge in [0.25, 0.3) is 11.7 Å². The molecule has 0 fully saturated rings. The number of amides is 1. The maximum atomic E-state index is 11.6. The summed E-state index contributed by atoms with van der Waals surface area (Å²) in [5, 5.41) is 0. The number of likely N-dealkylation sites (N-methyl/N-ethyl adjacent to an activating group) is 1.